The maximum absolute atomic E-state index is 12.3. The van der Waals surface area contributed by atoms with Gasteiger partial charge < -0.3 is 4.90 Å². The van der Waals surface area contributed by atoms with Crippen LogP contribution in [-0.4, -0.2) is 20.9 Å². The fourth-order valence-corrected chi connectivity index (χ4v) is 5.22. The van der Waals surface area contributed by atoms with Crippen molar-refractivity contribution < 1.29 is 13.2 Å². The minimum Gasteiger partial charge on any atom is -0.312 e. The van der Waals surface area contributed by atoms with Gasteiger partial charge in [-0.3, -0.25) is 4.79 Å². The van der Waals surface area contributed by atoms with E-state index in [0.29, 0.717) is 23.6 Å². The number of carbonyl (C=O) groups is 1. The van der Waals surface area contributed by atoms with Crippen molar-refractivity contribution in [3.63, 3.8) is 0 Å². The highest BCUT2D eigenvalue weighted by Gasteiger charge is 2.23. The van der Waals surface area contributed by atoms with E-state index in [0.717, 1.165) is 21.7 Å². The summed E-state index contributed by atoms with van der Waals surface area (Å²) in [5.74, 6) is 0.145. The number of aryl methyl sites for hydroxylation is 2. The van der Waals surface area contributed by atoms with Crippen LogP contribution in [0.4, 0.5) is 5.69 Å². The Kier molecular flexibility index (Phi) is 4.76. The third kappa shape index (κ3) is 3.38. The average molecular weight is 364 g/mol. The molecular weight excluding hydrogens is 344 g/mol. The van der Waals surface area contributed by atoms with E-state index >= 15 is 0 Å². The van der Waals surface area contributed by atoms with Gasteiger partial charge in [0.15, 0.2) is 0 Å². The number of rotatable bonds is 5. The molecule has 2 aromatic rings. The van der Waals surface area contributed by atoms with Crippen molar-refractivity contribution in [3.05, 3.63) is 46.3 Å². The lowest BCUT2D eigenvalue weighted by Crippen LogP contribution is -2.34. The molecule has 0 spiro atoms. The standard InChI is InChI=1S/C17H20N2O3S2/c1-3-19-15-7-5-13(10-14(15)6-8-16(19)20)11-18-24(21,22)17-9-4-12(2)23-17/h4-5,7,9-10,18H,3,6,8,11H2,1-2H3. The van der Waals surface area contributed by atoms with Crippen molar-refractivity contribution in [2.75, 3.05) is 11.4 Å². The Bertz CT molecular complexity index is 872. The van der Waals surface area contributed by atoms with Gasteiger partial charge >= 0.3 is 0 Å². The van der Waals surface area contributed by atoms with Crippen LogP contribution < -0.4 is 9.62 Å². The molecule has 7 heteroatoms. The van der Waals surface area contributed by atoms with Gasteiger partial charge in [0, 0.05) is 30.1 Å². The zero-order chi connectivity index (χ0) is 17.3. The normalized spacial score (nSPS) is 14.8. The van der Waals surface area contributed by atoms with Crippen molar-refractivity contribution in [1.29, 1.82) is 0 Å². The molecule has 3 rings (SSSR count). The smallest absolute Gasteiger partial charge is 0.250 e. The third-order valence-corrected chi connectivity index (χ3v) is 7.00. The first-order valence-corrected chi connectivity index (χ1v) is 10.2. The van der Waals surface area contributed by atoms with Gasteiger partial charge in [-0.2, -0.15) is 0 Å². The highest BCUT2D eigenvalue weighted by Crippen LogP contribution is 2.29. The molecule has 1 amide bonds. The molecule has 5 nitrogen and oxygen atoms in total. The molecule has 1 aromatic carbocycles. The fraction of sp³-hybridized carbons (Fsp3) is 0.353. The van der Waals surface area contributed by atoms with E-state index in [1.54, 1.807) is 17.0 Å². The first-order chi connectivity index (χ1) is 11.4. The molecule has 2 heterocycles. The minimum atomic E-state index is -3.48. The Morgan fingerprint density at radius 3 is 2.67 bits per heavy atom. The molecule has 0 saturated carbocycles. The van der Waals surface area contributed by atoms with Gasteiger partial charge in [-0.25, -0.2) is 13.1 Å². The second kappa shape index (κ2) is 6.66. The SMILES string of the molecule is CCN1C(=O)CCc2cc(CNS(=O)(=O)c3ccc(C)s3)ccc21. The molecule has 1 N–H and O–H groups in total. The second-order valence-corrected chi connectivity index (χ2v) is 9.07. The molecule has 0 fully saturated rings. The van der Waals surface area contributed by atoms with Crippen LogP contribution >= 0.6 is 11.3 Å². The van der Waals surface area contributed by atoms with Gasteiger partial charge in [-0.05, 0) is 49.6 Å². The van der Waals surface area contributed by atoms with Crippen molar-refractivity contribution >= 4 is 33.0 Å². The van der Waals surface area contributed by atoms with Crippen molar-refractivity contribution in [1.82, 2.24) is 4.72 Å². The molecule has 1 aliphatic rings. The predicted molar refractivity (Wildman–Crippen MR) is 95.9 cm³/mol. The van der Waals surface area contributed by atoms with Crippen LogP contribution in [0.3, 0.4) is 0 Å². The maximum atomic E-state index is 12.3. The Morgan fingerprint density at radius 2 is 2.00 bits per heavy atom. The minimum absolute atomic E-state index is 0.145. The molecule has 0 unspecified atom stereocenters. The molecule has 24 heavy (non-hydrogen) atoms. The van der Waals surface area contributed by atoms with Crippen LogP contribution in [0.2, 0.25) is 0 Å². The molecule has 0 radical (unpaired) electrons. The highest BCUT2D eigenvalue weighted by molar-refractivity contribution is 7.91. The number of benzene rings is 1. The molecule has 0 saturated heterocycles. The second-order valence-electron chi connectivity index (χ2n) is 5.79. The topological polar surface area (TPSA) is 66.5 Å². The number of hydrogen-bond acceptors (Lipinski definition) is 4. The van der Waals surface area contributed by atoms with Gasteiger partial charge in [0.2, 0.25) is 15.9 Å². The van der Waals surface area contributed by atoms with Crippen LogP contribution in [0.25, 0.3) is 0 Å². The summed E-state index contributed by atoms with van der Waals surface area (Å²) in [7, 11) is -3.48. The van der Waals surface area contributed by atoms with Crippen molar-refractivity contribution in [2.45, 2.75) is 37.4 Å². The number of thiophene rings is 1. The number of anilines is 1. The first kappa shape index (κ1) is 17.1. The van der Waals surface area contributed by atoms with E-state index in [9.17, 15) is 13.2 Å². The summed E-state index contributed by atoms with van der Waals surface area (Å²) in [5.41, 5.74) is 2.94. The molecule has 0 atom stereocenters. The largest absolute Gasteiger partial charge is 0.312 e. The van der Waals surface area contributed by atoms with Crippen molar-refractivity contribution in [3.8, 4) is 0 Å². The molecule has 0 aliphatic carbocycles. The third-order valence-electron chi connectivity index (χ3n) is 4.11. The summed E-state index contributed by atoms with van der Waals surface area (Å²) in [6.07, 6.45) is 1.21. The van der Waals surface area contributed by atoms with Gasteiger partial charge in [0.25, 0.3) is 0 Å². The summed E-state index contributed by atoms with van der Waals surface area (Å²) >= 11 is 1.26. The van der Waals surface area contributed by atoms with Crippen molar-refractivity contribution in [2.24, 2.45) is 0 Å². The Balaban J connectivity index is 1.76. The number of amides is 1. The number of sulfonamides is 1. The Morgan fingerprint density at radius 1 is 1.21 bits per heavy atom. The number of fused-ring (bicyclic) bond motifs is 1. The first-order valence-electron chi connectivity index (χ1n) is 7.89. The van der Waals surface area contributed by atoms with Crippen LogP contribution in [0.1, 0.15) is 29.3 Å². The number of nitrogens with zero attached hydrogens (tertiary/aromatic N) is 1. The van der Waals surface area contributed by atoms with Gasteiger partial charge in [-0.15, -0.1) is 11.3 Å². The van der Waals surface area contributed by atoms with Crippen LogP contribution in [-0.2, 0) is 27.8 Å². The molecule has 128 valence electrons. The van der Waals surface area contributed by atoms with Crippen LogP contribution in [0.5, 0.6) is 0 Å². The molecular formula is C17H20N2O3S2. The monoisotopic (exact) mass is 364 g/mol. The van der Waals surface area contributed by atoms with Gasteiger partial charge in [-0.1, -0.05) is 12.1 Å². The van der Waals surface area contributed by atoms with Crippen LogP contribution in [0.15, 0.2) is 34.5 Å². The fourth-order valence-electron chi connectivity index (χ4n) is 2.88. The molecule has 1 aliphatic heterocycles. The zero-order valence-electron chi connectivity index (χ0n) is 13.7. The summed E-state index contributed by atoms with van der Waals surface area (Å²) in [4.78, 5) is 14.7. The van der Waals surface area contributed by atoms with E-state index in [1.807, 2.05) is 32.0 Å². The maximum Gasteiger partial charge on any atom is 0.250 e. The predicted octanol–water partition coefficient (Wildman–Crippen LogP) is 2.83. The zero-order valence-corrected chi connectivity index (χ0v) is 15.3. The van der Waals surface area contributed by atoms with Gasteiger partial charge in [0.1, 0.15) is 4.21 Å². The number of nitrogens with one attached hydrogen (secondary N) is 1. The number of carbonyl (C=O) groups excluding carboxylic acids is 1. The lowest BCUT2D eigenvalue weighted by molar-refractivity contribution is -0.118. The quantitative estimate of drug-likeness (QED) is 0.887. The summed E-state index contributed by atoms with van der Waals surface area (Å²) in [6, 6.07) is 9.21. The van der Waals surface area contributed by atoms with Gasteiger partial charge in [0.05, 0.1) is 0 Å². The average Bonchev–Trinajstić information content (AvgIpc) is 3.00. The Labute approximate surface area is 146 Å². The van der Waals surface area contributed by atoms with E-state index in [2.05, 4.69) is 4.72 Å². The molecule has 0 bridgehead atoms. The van der Waals surface area contributed by atoms with E-state index in [-0.39, 0.29) is 12.5 Å². The van der Waals surface area contributed by atoms with Crippen LogP contribution in [0, 0.1) is 6.92 Å². The number of hydrogen-bond donors (Lipinski definition) is 1. The van der Waals surface area contributed by atoms with E-state index in [4.69, 9.17) is 0 Å². The summed E-state index contributed by atoms with van der Waals surface area (Å²) in [6.45, 7) is 4.73. The Hall–Kier alpha value is -1.70. The highest BCUT2D eigenvalue weighted by atomic mass is 32.2. The van der Waals surface area contributed by atoms with E-state index in [1.165, 1.54) is 11.3 Å². The summed E-state index contributed by atoms with van der Waals surface area (Å²) in [5, 5.41) is 0. The lowest BCUT2D eigenvalue weighted by atomic mass is 9.99. The summed E-state index contributed by atoms with van der Waals surface area (Å²) < 4.78 is 27.6. The molecule has 1 aromatic heterocycles. The lowest BCUT2D eigenvalue weighted by Gasteiger charge is -2.28. The van der Waals surface area contributed by atoms with E-state index < -0.39 is 10.0 Å².